The lowest BCUT2D eigenvalue weighted by molar-refractivity contribution is 0.128. The molecule has 0 unspecified atom stereocenters. The molecule has 0 aromatic carbocycles. The lowest BCUT2D eigenvalue weighted by Gasteiger charge is -2.06. The molecule has 0 aliphatic rings. The highest BCUT2D eigenvalue weighted by Crippen LogP contribution is 2.14. The molecule has 0 saturated heterocycles. The standard InChI is InChI=1S/C26H48O2.C8H16.2C3H8.C2H4/c1-4-6-7-8-9-10-11-12-13-18-24-28-25-20-15-17-22-26(3)21-16-14-19-23-27-5-2;1-3-5-7-8-6-4-2;2*1-3-2;1-2/h5,11-12H,2-4,6-10,13-25H2,1H3;7-8H,3-6H2,1-2H3;2*3H2,1-2H3;1-2H2/b12-11-;8-7-;;;. The zero-order valence-corrected chi connectivity index (χ0v) is 31.7. The summed E-state index contributed by atoms with van der Waals surface area (Å²) in [4.78, 5) is 0. The van der Waals surface area contributed by atoms with Crippen LogP contribution in [0.5, 0.6) is 0 Å². The first kappa shape index (κ1) is 52.0. The summed E-state index contributed by atoms with van der Waals surface area (Å²) in [5.74, 6) is 0. The maximum atomic E-state index is 5.75. The Morgan fingerprint density at radius 3 is 1.36 bits per heavy atom. The zero-order chi connectivity index (χ0) is 34.2. The lowest BCUT2D eigenvalue weighted by atomic mass is 10.0. The number of ether oxygens (including phenoxy) is 2. The molecule has 0 heterocycles. The molecule has 0 aliphatic carbocycles. The molecule has 0 aliphatic heterocycles. The van der Waals surface area contributed by atoms with E-state index in [-0.39, 0.29) is 0 Å². The van der Waals surface area contributed by atoms with Crippen molar-refractivity contribution in [1.82, 2.24) is 0 Å². The van der Waals surface area contributed by atoms with Gasteiger partial charge < -0.3 is 9.47 Å². The van der Waals surface area contributed by atoms with Gasteiger partial charge in [0.2, 0.25) is 0 Å². The third-order valence-corrected chi connectivity index (χ3v) is 6.11. The van der Waals surface area contributed by atoms with Gasteiger partial charge in [0.05, 0.1) is 12.9 Å². The van der Waals surface area contributed by atoms with Crippen LogP contribution in [0.2, 0.25) is 0 Å². The van der Waals surface area contributed by atoms with Crippen molar-refractivity contribution >= 4 is 0 Å². The van der Waals surface area contributed by atoms with Gasteiger partial charge in [-0.15, -0.1) is 13.2 Å². The van der Waals surface area contributed by atoms with Gasteiger partial charge in [-0.25, -0.2) is 0 Å². The fraction of sp³-hybridized carbons (Fsp3) is 0.762. The molecule has 0 aromatic heterocycles. The Kier molecular flexibility index (Phi) is 71.7. The Morgan fingerprint density at radius 2 is 0.886 bits per heavy atom. The number of unbranched alkanes of at least 4 members (excludes halogenated alkanes) is 12. The zero-order valence-electron chi connectivity index (χ0n) is 31.7. The summed E-state index contributed by atoms with van der Waals surface area (Å²) in [6.45, 7) is 31.6. The minimum atomic E-state index is 0.797. The van der Waals surface area contributed by atoms with E-state index in [1.165, 1.54) is 127 Å². The molecule has 0 saturated carbocycles. The van der Waals surface area contributed by atoms with Gasteiger partial charge in [-0.1, -0.05) is 149 Å². The van der Waals surface area contributed by atoms with Crippen LogP contribution in [0.1, 0.15) is 190 Å². The van der Waals surface area contributed by atoms with Crippen molar-refractivity contribution in [1.29, 1.82) is 0 Å². The second-order valence-corrected chi connectivity index (χ2v) is 11.3. The van der Waals surface area contributed by atoms with Gasteiger partial charge in [0.25, 0.3) is 0 Å². The van der Waals surface area contributed by atoms with E-state index < -0.39 is 0 Å². The lowest BCUT2D eigenvalue weighted by Crippen LogP contribution is -1.97. The largest absolute Gasteiger partial charge is 0.502 e. The van der Waals surface area contributed by atoms with Crippen LogP contribution >= 0.6 is 0 Å². The predicted molar refractivity (Wildman–Crippen MR) is 207 cm³/mol. The van der Waals surface area contributed by atoms with E-state index in [1.807, 2.05) is 0 Å². The first-order chi connectivity index (χ1) is 21.6. The average molecular weight is 621 g/mol. The van der Waals surface area contributed by atoms with Gasteiger partial charge in [0.15, 0.2) is 0 Å². The van der Waals surface area contributed by atoms with Gasteiger partial charge >= 0.3 is 0 Å². The molecular weight excluding hydrogens is 536 g/mol. The summed E-state index contributed by atoms with van der Waals surface area (Å²) in [6, 6.07) is 0. The molecule has 0 spiro atoms. The minimum Gasteiger partial charge on any atom is -0.502 e. The Labute approximate surface area is 281 Å². The normalized spacial score (nSPS) is 9.98. The summed E-state index contributed by atoms with van der Waals surface area (Å²) in [5.41, 5.74) is 1.41. The van der Waals surface area contributed by atoms with Crippen LogP contribution in [0.4, 0.5) is 0 Å². The SMILES string of the molecule is C=C.C=COCCCCCC(=C)CCCCCOCCC/C=C\CCCCCCC.CCC.CCC.CCC/C=C\CCC. The third kappa shape index (κ3) is 72.6. The van der Waals surface area contributed by atoms with Crippen molar-refractivity contribution in [2.24, 2.45) is 0 Å². The highest BCUT2D eigenvalue weighted by molar-refractivity contribution is 4.93. The Bertz CT molecular complexity index is 510. The highest BCUT2D eigenvalue weighted by Gasteiger charge is 1.97. The minimum absolute atomic E-state index is 0.797. The van der Waals surface area contributed by atoms with E-state index >= 15 is 0 Å². The number of hydrogen-bond donors (Lipinski definition) is 0. The van der Waals surface area contributed by atoms with Crippen LogP contribution in [0.25, 0.3) is 0 Å². The Hall–Kier alpha value is -1.54. The summed E-state index contributed by atoms with van der Waals surface area (Å²) >= 11 is 0. The van der Waals surface area contributed by atoms with Crippen LogP contribution in [0.15, 0.2) is 62.5 Å². The molecular formula is C42H84O2. The van der Waals surface area contributed by atoms with Crippen molar-refractivity contribution in [3.05, 3.63) is 62.5 Å². The molecule has 44 heavy (non-hydrogen) atoms. The molecule has 2 heteroatoms. The smallest absolute Gasteiger partial charge is 0.0873 e. The van der Waals surface area contributed by atoms with Crippen LogP contribution < -0.4 is 0 Å². The monoisotopic (exact) mass is 621 g/mol. The molecule has 0 radical (unpaired) electrons. The van der Waals surface area contributed by atoms with Crippen LogP contribution in [-0.2, 0) is 9.47 Å². The molecule has 0 amide bonds. The van der Waals surface area contributed by atoms with E-state index in [9.17, 15) is 0 Å². The Morgan fingerprint density at radius 1 is 0.477 bits per heavy atom. The summed E-state index contributed by atoms with van der Waals surface area (Å²) in [5, 5.41) is 0. The van der Waals surface area contributed by atoms with Crippen molar-refractivity contribution < 1.29 is 9.47 Å². The maximum absolute atomic E-state index is 5.75. The molecule has 0 fully saturated rings. The number of rotatable bonds is 27. The van der Waals surface area contributed by atoms with Crippen LogP contribution in [0.3, 0.4) is 0 Å². The first-order valence-electron chi connectivity index (χ1n) is 18.8. The second-order valence-electron chi connectivity index (χ2n) is 11.3. The van der Waals surface area contributed by atoms with Crippen LogP contribution in [-0.4, -0.2) is 19.8 Å². The Balaban J connectivity index is -0.000000260. The maximum Gasteiger partial charge on any atom is 0.0873 e. The molecule has 264 valence electrons. The number of hydrogen-bond acceptors (Lipinski definition) is 2. The predicted octanol–water partition coefficient (Wildman–Crippen LogP) is 15.3. The quantitative estimate of drug-likeness (QED) is 0.0516. The molecule has 2 nitrogen and oxygen atoms in total. The summed E-state index contributed by atoms with van der Waals surface area (Å²) in [7, 11) is 0. The van der Waals surface area contributed by atoms with Gasteiger partial charge in [0, 0.05) is 13.2 Å². The highest BCUT2D eigenvalue weighted by atomic mass is 16.5. The van der Waals surface area contributed by atoms with Crippen molar-refractivity contribution in [3.63, 3.8) is 0 Å². The average Bonchev–Trinajstić information content (AvgIpc) is 3.03. The molecule has 0 N–H and O–H groups in total. The van der Waals surface area contributed by atoms with Gasteiger partial charge in [-0.3, -0.25) is 0 Å². The van der Waals surface area contributed by atoms with Crippen LogP contribution in [0, 0.1) is 0 Å². The van der Waals surface area contributed by atoms with E-state index in [0.29, 0.717) is 0 Å². The van der Waals surface area contributed by atoms with E-state index in [4.69, 9.17) is 9.47 Å². The van der Waals surface area contributed by atoms with E-state index in [2.05, 4.69) is 99.1 Å². The van der Waals surface area contributed by atoms with Gasteiger partial charge in [0.1, 0.15) is 0 Å². The fourth-order valence-electron chi connectivity index (χ4n) is 3.78. The van der Waals surface area contributed by atoms with Gasteiger partial charge in [-0.2, -0.15) is 0 Å². The molecule has 0 aromatic rings. The van der Waals surface area contributed by atoms with Gasteiger partial charge in [-0.05, 0) is 83.5 Å². The molecule has 0 atom stereocenters. The molecule has 0 bridgehead atoms. The fourth-order valence-corrected chi connectivity index (χ4v) is 3.78. The number of allylic oxidation sites excluding steroid dienone is 5. The third-order valence-electron chi connectivity index (χ3n) is 6.11. The van der Waals surface area contributed by atoms with Crippen molar-refractivity contribution in [2.75, 3.05) is 19.8 Å². The first-order valence-corrected chi connectivity index (χ1v) is 18.8. The van der Waals surface area contributed by atoms with E-state index in [0.717, 1.165) is 45.5 Å². The van der Waals surface area contributed by atoms with Crippen molar-refractivity contribution in [3.8, 4) is 0 Å². The second kappa shape index (κ2) is 60.6. The van der Waals surface area contributed by atoms with Crippen molar-refractivity contribution in [2.45, 2.75) is 190 Å². The molecule has 0 rings (SSSR count). The van der Waals surface area contributed by atoms with E-state index in [1.54, 1.807) is 0 Å². The topological polar surface area (TPSA) is 18.5 Å². The summed E-state index contributed by atoms with van der Waals surface area (Å²) < 4.78 is 10.9. The summed E-state index contributed by atoms with van der Waals surface area (Å²) in [6.07, 6.45) is 38.3.